The van der Waals surface area contributed by atoms with Crippen LogP contribution in [0.15, 0.2) is 16.7 Å². The molecular formula is C13H15BrClN3O. The predicted molar refractivity (Wildman–Crippen MR) is 78.5 cm³/mol. The van der Waals surface area contributed by atoms with Crippen molar-refractivity contribution in [2.45, 2.75) is 37.8 Å². The first-order chi connectivity index (χ1) is 9.19. The van der Waals surface area contributed by atoms with Crippen LogP contribution in [-0.4, -0.2) is 27.2 Å². The average Bonchev–Trinajstić information content (AvgIpc) is 2.76. The van der Waals surface area contributed by atoms with Gasteiger partial charge in [-0.2, -0.15) is 0 Å². The fourth-order valence-electron chi connectivity index (χ4n) is 2.69. The first kappa shape index (κ1) is 13.3. The summed E-state index contributed by atoms with van der Waals surface area (Å²) in [5.41, 5.74) is 1.81. The Morgan fingerprint density at radius 2 is 2.42 bits per heavy atom. The molecule has 6 heteroatoms. The van der Waals surface area contributed by atoms with Crippen molar-refractivity contribution >= 4 is 38.7 Å². The third-order valence-electron chi connectivity index (χ3n) is 3.51. The molecular weight excluding hydrogens is 330 g/mol. The van der Waals surface area contributed by atoms with E-state index in [9.17, 15) is 0 Å². The van der Waals surface area contributed by atoms with Gasteiger partial charge in [0.25, 0.3) is 0 Å². The van der Waals surface area contributed by atoms with Gasteiger partial charge in [0.05, 0.1) is 12.0 Å². The van der Waals surface area contributed by atoms with Gasteiger partial charge in [0.2, 0.25) is 0 Å². The Balaban J connectivity index is 2.10. The van der Waals surface area contributed by atoms with E-state index in [1.807, 2.05) is 6.07 Å². The second-order valence-electron chi connectivity index (χ2n) is 4.89. The molecule has 1 fully saturated rings. The molecule has 1 saturated heterocycles. The molecule has 0 radical (unpaired) electrons. The van der Waals surface area contributed by atoms with Crippen molar-refractivity contribution in [2.75, 3.05) is 6.61 Å². The fraction of sp³-hybridized carbons (Fsp3) is 0.538. The van der Waals surface area contributed by atoms with E-state index in [0.29, 0.717) is 11.9 Å². The zero-order chi connectivity index (χ0) is 13.4. The highest BCUT2D eigenvalue weighted by Crippen LogP contribution is 2.30. The van der Waals surface area contributed by atoms with Crippen LogP contribution in [0.2, 0.25) is 0 Å². The van der Waals surface area contributed by atoms with E-state index in [4.69, 9.17) is 16.3 Å². The largest absolute Gasteiger partial charge is 0.378 e. The van der Waals surface area contributed by atoms with Gasteiger partial charge in [0.1, 0.15) is 11.3 Å². The number of fused-ring (bicyclic) bond motifs is 1. The molecule has 0 aromatic carbocycles. The van der Waals surface area contributed by atoms with E-state index in [0.717, 1.165) is 40.9 Å². The molecule has 1 aliphatic rings. The van der Waals surface area contributed by atoms with Crippen LogP contribution < -0.4 is 0 Å². The van der Waals surface area contributed by atoms with Crippen molar-refractivity contribution in [3.8, 4) is 0 Å². The SMILES string of the molecule is CC1CC(n2c(CCl)nc3cc(Br)cnc32)CCO1. The lowest BCUT2D eigenvalue weighted by molar-refractivity contribution is 0.00623. The van der Waals surface area contributed by atoms with Crippen molar-refractivity contribution in [3.05, 3.63) is 22.6 Å². The zero-order valence-electron chi connectivity index (χ0n) is 10.6. The highest BCUT2D eigenvalue weighted by molar-refractivity contribution is 9.10. The standard InChI is InChI=1S/C13H15BrClN3O/c1-8-4-10(2-3-19-8)18-12(6-15)17-11-5-9(14)7-16-13(11)18/h5,7-8,10H,2-4,6H2,1H3. The van der Waals surface area contributed by atoms with Gasteiger partial charge in [-0.3, -0.25) is 0 Å². The van der Waals surface area contributed by atoms with Crippen LogP contribution in [0.3, 0.4) is 0 Å². The van der Waals surface area contributed by atoms with E-state index in [1.54, 1.807) is 6.20 Å². The molecule has 0 aliphatic carbocycles. The summed E-state index contributed by atoms with van der Waals surface area (Å²) in [5.74, 6) is 1.29. The van der Waals surface area contributed by atoms with E-state index in [2.05, 4.69) is 37.4 Å². The number of hydrogen-bond donors (Lipinski definition) is 0. The summed E-state index contributed by atoms with van der Waals surface area (Å²) in [5, 5.41) is 0. The van der Waals surface area contributed by atoms with Gasteiger partial charge in [0, 0.05) is 23.3 Å². The maximum atomic E-state index is 6.04. The molecule has 3 rings (SSSR count). The predicted octanol–water partition coefficient (Wildman–Crippen LogP) is 3.67. The first-order valence-electron chi connectivity index (χ1n) is 6.39. The summed E-state index contributed by atoms with van der Waals surface area (Å²) in [6, 6.07) is 2.36. The Hall–Kier alpha value is -0.650. The summed E-state index contributed by atoms with van der Waals surface area (Å²) >= 11 is 9.47. The van der Waals surface area contributed by atoms with Crippen LogP contribution in [0.25, 0.3) is 11.2 Å². The topological polar surface area (TPSA) is 39.9 Å². The minimum Gasteiger partial charge on any atom is -0.378 e. The minimum absolute atomic E-state index is 0.273. The molecule has 1 aliphatic heterocycles. The lowest BCUT2D eigenvalue weighted by Gasteiger charge is -2.29. The number of ether oxygens (including phenoxy) is 1. The van der Waals surface area contributed by atoms with Crippen molar-refractivity contribution in [2.24, 2.45) is 0 Å². The zero-order valence-corrected chi connectivity index (χ0v) is 13.0. The van der Waals surface area contributed by atoms with Gasteiger partial charge < -0.3 is 9.30 Å². The summed E-state index contributed by atoms with van der Waals surface area (Å²) in [6.07, 6.45) is 4.04. The van der Waals surface area contributed by atoms with Crippen molar-refractivity contribution < 1.29 is 4.74 Å². The highest BCUT2D eigenvalue weighted by atomic mass is 79.9. The number of nitrogens with zero attached hydrogens (tertiary/aromatic N) is 3. The van der Waals surface area contributed by atoms with E-state index >= 15 is 0 Å². The van der Waals surface area contributed by atoms with Crippen molar-refractivity contribution in [1.29, 1.82) is 0 Å². The third-order valence-corrected chi connectivity index (χ3v) is 4.18. The van der Waals surface area contributed by atoms with Gasteiger partial charge in [-0.1, -0.05) is 0 Å². The Labute approximate surface area is 125 Å². The quantitative estimate of drug-likeness (QED) is 0.780. The second kappa shape index (κ2) is 5.38. The molecule has 19 heavy (non-hydrogen) atoms. The lowest BCUT2D eigenvalue weighted by Crippen LogP contribution is -2.26. The smallest absolute Gasteiger partial charge is 0.160 e. The van der Waals surface area contributed by atoms with Gasteiger partial charge in [0.15, 0.2) is 5.65 Å². The molecule has 102 valence electrons. The van der Waals surface area contributed by atoms with E-state index < -0.39 is 0 Å². The summed E-state index contributed by atoms with van der Waals surface area (Å²) in [7, 11) is 0. The molecule has 0 saturated carbocycles. The molecule has 2 atom stereocenters. The number of imidazole rings is 1. The molecule has 0 amide bonds. The van der Waals surface area contributed by atoms with Crippen LogP contribution in [0.4, 0.5) is 0 Å². The number of rotatable bonds is 2. The fourth-order valence-corrected chi connectivity index (χ4v) is 3.20. The Morgan fingerprint density at radius 1 is 1.58 bits per heavy atom. The number of hydrogen-bond acceptors (Lipinski definition) is 3. The third kappa shape index (κ3) is 2.51. The molecule has 3 heterocycles. The second-order valence-corrected chi connectivity index (χ2v) is 6.07. The Kier molecular flexibility index (Phi) is 3.78. The van der Waals surface area contributed by atoms with Crippen molar-refractivity contribution in [1.82, 2.24) is 14.5 Å². The summed E-state index contributed by atoms with van der Waals surface area (Å²) < 4.78 is 8.74. The van der Waals surface area contributed by atoms with Crippen molar-refractivity contribution in [3.63, 3.8) is 0 Å². The molecule has 2 unspecified atom stereocenters. The normalized spacial score (nSPS) is 23.9. The maximum Gasteiger partial charge on any atom is 0.160 e. The highest BCUT2D eigenvalue weighted by Gasteiger charge is 2.25. The minimum atomic E-state index is 0.273. The van der Waals surface area contributed by atoms with Crippen LogP contribution in [0.1, 0.15) is 31.6 Å². The molecule has 0 bridgehead atoms. The monoisotopic (exact) mass is 343 g/mol. The number of halogens is 2. The molecule has 2 aromatic rings. The summed E-state index contributed by atoms with van der Waals surface area (Å²) in [4.78, 5) is 9.09. The van der Waals surface area contributed by atoms with Gasteiger partial charge in [-0.25, -0.2) is 9.97 Å². The van der Waals surface area contributed by atoms with Gasteiger partial charge in [-0.05, 0) is 41.8 Å². The lowest BCUT2D eigenvalue weighted by atomic mass is 10.0. The van der Waals surface area contributed by atoms with Crippen LogP contribution in [-0.2, 0) is 10.6 Å². The maximum absolute atomic E-state index is 6.04. The average molecular weight is 345 g/mol. The van der Waals surface area contributed by atoms with E-state index in [-0.39, 0.29) is 6.10 Å². The number of aromatic nitrogens is 3. The Bertz CT molecular complexity index is 601. The molecule has 0 spiro atoms. The number of alkyl halides is 1. The number of pyridine rings is 1. The van der Waals surface area contributed by atoms with Gasteiger partial charge >= 0.3 is 0 Å². The summed E-state index contributed by atoms with van der Waals surface area (Å²) in [6.45, 7) is 2.89. The molecule has 2 aromatic heterocycles. The Morgan fingerprint density at radius 3 is 3.16 bits per heavy atom. The molecule has 4 nitrogen and oxygen atoms in total. The van der Waals surface area contributed by atoms with Crippen LogP contribution in [0, 0.1) is 0 Å². The molecule has 0 N–H and O–H groups in total. The van der Waals surface area contributed by atoms with E-state index in [1.165, 1.54) is 0 Å². The van der Waals surface area contributed by atoms with Crippen LogP contribution >= 0.6 is 27.5 Å². The van der Waals surface area contributed by atoms with Crippen LogP contribution in [0.5, 0.6) is 0 Å². The van der Waals surface area contributed by atoms with Gasteiger partial charge in [-0.15, -0.1) is 11.6 Å². The first-order valence-corrected chi connectivity index (χ1v) is 7.71.